The summed E-state index contributed by atoms with van der Waals surface area (Å²) >= 11 is 0. The van der Waals surface area contributed by atoms with Gasteiger partial charge in [0.1, 0.15) is 5.78 Å². The van der Waals surface area contributed by atoms with Gasteiger partial charge < -0.3 is 14.8 Å². The lowest BCUT2D eigenvalue weighted by Crippen LogP contribution is -2.43. The first-order valence-corrected chi connectivity index (χ1v) is 7.25. The predicted octanol–water partition coefficient (Wildman–Crippen LogP) is 1.28. The number of nitrogens with one attached hydrogen (secondary N) is 1. The monoisotopic (exact) mass is 253 g/mol. The van der Waals surface area contributed by atoms with Crippen LogP contribution in [-0.4, -0.2) is 43.8 Å². The fourth-order valence-electron chi connectivity index (χ4n) is 3.51. The number of Topliss-reactive ketones (excluding diaryl/α,β-unsaturated/α-hetero) is 1. The van der Waals surface area contributed by atoms with Crippen molar-refractivity contribution in [2.75, 3.05) is 26.4 Å². The Labute approximate surface area is 108 Å². The topological polar surface area (TPSA) is 47.6 Å². The molecule has 0 bridgehead atoms. The van der Waals surface area contributed by atoms with E-state index in [0.29, 0.717) is 24.9 Å². The Morgan fingerprint density at radius 1 is 1.33 bits per heavy atom. The molecule has 0 saturated carbocycles. The van der Waals surface area contributed by atoms with Crippen molar-refractivity contribution in [1.29, 1.82) is 0 Å². The number of ketones is 1. The van der Waals surface area contributed by atoms with Gasteiger partial charge in [-0.15, -0.1) is 0 Å². The quantitative estimate of drug-likeness (QED) is 0.823. The molecular formula is C14H23NO3. The van der Waals surface area contributed by atoms with Gasteiger partial charge in [0.15, 0.2) is 0 Å². The lowest BCUT2D eigenvalue weighted by Gasteiger charge is -2.36. The van der Waals surface area contributed by atoms with E-state index >= 15 is 0 Å². The number of hydrogen-bond donors (Lipinski definition) is 1. The molecule has 18 heavy (non-hydrogen) atoms. The van der Waals surface area contributed by atoms with Crippen LogP contribution in [0.2, 0.25) is 0 Å². The van der Waals surface area contributed by atoms with E-state index in [1.54, 1.807) is 0 Å². The molecule has 102 valence electrons. The highest BCUT2D eigenvalue weighted by molar-refractivity contribution is 5.81. The van der Waals surface area contributed by atoms with Crippen molar-refractivity contribution in [2.24, 2.45) is 5.92 Å². The molecule has 3 fully saturated rings. The molecule has 0 aromatic carbocycles. The highest BCUT2D eigenvalue weighted by Gasteiger charge is 2.43. The summed E-state index contributed by atoms with van der Waals surface area (Å²) in [6.45, 7) is 3.25. The average Bonchev–Trinajstić information content (AvgIpc) is 3.02. The van der Waals surface area contributed by atoms with Gasteiger partial charge in [-0.25, -0.2) is 0 Å². The third kappa shape index (κ3) is 2.60. The summed E-state index contributed by atoms with van der Waals surface area (Å²) in [5.41, 5.74) is -0.137. The average molecular weight is 253 g/mol. The Kier molecular flexibility index (Phi) is 3.68. The molecule has 3 rings (SSSR count). The fourth-order valence-corrected chi connectivity index (χ4v) is 3.51. The van der Waals surface area contributed by atoms with E-state index in [1.165, 1.54) is 6.42 Å². The van der Waals surface area contributed by atoms with E-state index in [2.05, 4.69) is 5.32 Å². The normalized spacial score (nSPS) is 40.4. The second kappa shape index (κ2) is 5.27. The van der Waals surface area contributed by atoms with E-state index in [-0.39, 0.29) is 11.5 Å². The summed E-state index contributed by atoms with van der Waals surface area (Å²) in [5, 5.41) is 3.41. The smallest absolute Gasteiger partial charge is 0.137 e. The number of ether oxygens (including phenoxy) is 2. The van der Waals surface area contributed by atoms with Crippen LogP contribution in [0, 0.1) is 5.92 Å². The number of carbonyl (C=O) groups is 1. The van der Waals surface area contributed by atoms with Crippen molar-refractivity contribution in [3.63, 3.8) is 0 Å². The van der Waals surface area contributed by atoms with E-state index in [4.69, 9.17) is 9.47 Å². The second-order valence-corrected chi connectivity index (χ2v) is 5.99. The van der Waals surface area contributed by atoms with Gasteiger partial charge in [-0.05, 0) is 32.2 Å². The lowest BCUT2D eigenvalue weighted by molar-refractivity contribution is -0.137. The zero-order valence-corrected chi connectivity index (χ0v) is 11.0. The molecule has 3 atom stereocenters. The van der Waals surface area contributed by atoms with Gasteiger partial charge >= 0.3 is 0 Å². The van der Waals surface area contributed by atoms with Crippen molar-refractivity contribution in [3.8, 4) is 0 Å². The fraction of sp³-hybridized carbons (Fsp3) is 0.929. The molecule has 0 radical (unpaired) electrons. The van der Waals surface area contributed by atoms with Crippen LogP contribution >= 0.6 is 0 Å². The van der Waals surface area contributed by atoms with Crippen LogP contribution in [0.4, 0.5) is 0 Å². The van der Waals surface area contributed by atoms with Crippen molar-refractivity contribution in [1.82, 2.24) is 5.32 Å². The van der Waals surface area contributed by atoms with Gasteiger partial charge in [-0.2, -0.15) is 0 Å². The van der Waals surface area contributed by atoms with Crippen molar-refractivity contribution in [2.45, 2.75) is 50.2 Å². The van der Waals surface area contributed by atoms with Crippen LogP contribution in [0.5, 0.6) is 0 Å². The predicted molar refractivity (Wildman–Crippen MR) is 67.5 cm³/mol. The summed E-state index contributed by atoms with van der Waals surface area (Å²) in [5.74, 6) is 0.631. The van der Waals surface area contributed by atoms with Crippen molar-refractivity contribution in [3.05, 3.63) is 0 Å². The van der Waals surface area contributed by atoms with Gasteiger partial charge in [0.25, 0.3) is 0 Å². The molecule has 0 amide bonds. The molecule has 4 heteroatoms. The van der Waals surface area contributed by atoms with E-state index < -0.39 is 0 Å². The Morgan fingerprint density at radius 2 is 2.28 bits per heavy atom. The first-order chi connectivity index (χ1) is 8.77. The number of hydrogen-bond acceptors (Lipinski definition) is 4. The highest BCUT2D eigenvalue weighted by atomic mass is 16.6. The maximum Gasteiger partial charge on any atom is 0.137 e. The van der Waals surface area contributed by atoms with Gasteiger partial charge in [-0.3, -0.25) is 4.79 Å². The molecule has 3 unspecified atom stereocenters. The largest absolute Gasteiger partial charge is 0.378 e. The van der Waals surface area contributed by atoms with Gasteiger partial charge in [0.05, 0.1) is 12.2 Å². The molecule has 3 aliphatic rings. The summed E-state index contributed by atoms with van der Waals surface area (Å²) in [6, 6.07) is 0.427. The summed E-state index contributed by atoms with van der Waals surface area (Å²) in [4.78, 5) is 12.4. The Balaban J connectivity index is 1.56. The molecule has 3 heterocycles. The van der Waals surface area contributed by atoms with Crippen molar-refractivity contribution >= 4 is 5.78 Å². The maximum atomic E-state index is 12.4. The minimum atomic E-state index is -0.137. The third-order valence-electron chi connectivity index (χ3n) is 4.63. The first kappa shape index (κ1) is 12.6. The summed E-state index contributed by atoms with van der Waals surface area (Å²) < 4.78 is 11.3. The van der Waals surface area contributed by atoms with Crippen LogP contribution < -0.4 is 5.32 Å². The van der Waals surface area contributed by atoms with Crippen LogP contribution in [0.1, 0.15) is 38.5 Å². The molecule has 0 aliphatic carbocycles. The minimum absolute atomic E-state index is 0.137. The maximum absolute atomic E-state index is 12.4. The Bertz CT molecular complexity index is 306. The van der Waals surface area contributed by atoms with Crippen LogP contribution in [0.25, 0.3) is 0 Å². The van der Waals surface area contributed by atoms with Gasteiger partial charge in [0.2, 0.25) is 0 Å². The highest BCUT2D eigenvalue weighted by Crippen LogP contribution is 2.36. The third-order valence-corrected chi connectivity index (χ3v) is 4.63. The summed E-state index contributed by atoms with van der Waals surface area (Å²) in [6.07, 6.45) is 5.80. The molecular weight excluding hydrogens is 230 g/mol. The van der Waals surface area contributed by atoms with Crippen molar-refractivity contribution < 1.29 is 14.3 Å². The molecule has 1 spiro atoms. The molecule has 4 nitrogen and oxygen atoms in total. The Morgan fingerprint density at radius 3 is 3.00 bits per heavy atom. The first-order valence-electron chi connectivity index (χ1n) is 7.25. The Hall–Kier alpha value is -0.450. The van der Waals surface area contributed by atoms with Crippen LogP contribution in [0.15, 0.2) is 0 Å². The molecule has 0 aromatic heterocycles. The molecule has 0 aromatic rings. The zero-order valence-electron chi connectivity index (χ0n) is 11.0. The summed E-state index contributed by atoms with van der Waals surface area (Å²) in [7, 11) is 0. The van der Waals surface area contributed by atoms with E-state index in [1.807, 2.05) is 0 Å². The molecule has 1 N–H and O–H groups in total. The number of rotatable bonds is 3. The van der Waals surface area contributed by atoms with Crippen LogP contribution in [0.3, 0.4) is 0 Å². The zero-order chi connectivity index (χ0) is 12.4. The van der Waals surface area contributed by atoms with Crippen LogP contribution in [-0.2, 0) is 14.3 Å². The lowest BCUT2D eigenvalue weighted by atomic mass is 9.81. The van der Waals surface area contributed by atoms with Gasteiger partial charge in [0, 0.05) is 38.0 Å². The minimum Gasteiger partial charge on any atom is -0.378 e. The standard InChI is InChI=1S/C14H23NO3/c16-13(8-12-2-1-5-15-12)11-3-6-18-14(9-11)4-7-17-10-14/h11-12,15H,1-10H2. The van der Waals surface area contributed by atoms with Gasteiger partial charge in [-0.1, -0.05) is 0 Å². The SMILES string of the molecule is O=C(CC1CCCN1)C1CCOC2(CCOC2)C1. The van der Waals surface area contributed by atoms with E-state index in [0.717, 1.165) is 45.4 Å². The molecule has 3 saturated heterocycles. The second-order valence-electron chi connectivity index (χ2n) is 5.99. The number of carbonyl (C=O) groups excluding carboxylic acids is 1. The van der Waals surface area contributed by atoms with E-state index in [9.17, 15) is 4.79 Å². The molecule has 3 aliphatic heterocycles.